The number of fused-ring (bicyclic) bond motifs is 1. The number of hydrogen-bond acceptors (Lipinski definition) is 2. The highest BCUT2D eigenvalue weighted by Crippen LogP contribution is 2.33. The molecule has 0 aliphatic rings. The Morgan fingerprint density at radius 3 is 2.60 bits per heavy atom. The number of nitrogens with zero attached hydrogens (tertiary/aromatic N) is 1. The van der Waals surface area contributed by atoms with Crippen molar-refractivity contribution in [2.45, 2.75) is 33.3 Å². The molecule has 3 rings (SSSR count). The molecule has 0 amide bonds. The minimum absolute atomic E-state index is 0.598. The molecule has 25 heavy (non-hydrogen) atoms. The smallest absolute Gasteiger partial charge is 0.132 e. The molecular weight excluding hydrogens is 308 g/mol. The van der Waals surface area contributed by atoms with Crippen LogP contribution in [0.15, 0.2) is 48.7 Å². The molecule has 1 heterocycles. The number of aryl methyl sites for hydroxylation is 1. The van der Waals surface area contributed by atoms with E-state index in [9.17, 15) is 0 Å². The fraction of sp³-hybridized carbons (Fsp3) is 0.364. The molecule has 0 aliphatic carbocycles. The highest BCUT2D eigenvalue weighted by atomic mass is 16.5. The molecule has 2 aromatic carbocycles. The van der Waals surface area contributed by atoms with Gasteiger partial charge in [-0.3, -0.25) is 0 Å². The summed E-state index contributed by atoms with van der Waals surface area (Å²) < 4.78 is 6.26. The highest BCUT2D eigenvalue weighted by Gasteiger charge is 2.13. The van der Waals surface area contributed by atoms with Crippen molar-refractivity contribution in [3.63, 3.8) is 0 Å². The summed E-state index contributed by atoms with van der Waals surface area (Å²) in [6.07, 6.45) is 4.36. The summed E-state index contributed by atoms with van der Waals surface area (Å²) in [4.78, 5) is 5.80. The zero-order chi connectivity index (χ0) is 17.6. The Hall–Kier alpha value is -2.26. The topological polar surface area (TPSA) is 28.3 Å². The minimum Gasteiger partial charge on any atom is -0.488 e. The predicted octanol–water partition coefficient (Wildman–Crippen LogP) is 4.94. The van der Waals surface area contributed by atoms with Crippen LogP contribution >= 0.6 is 0 Å². The monoisotopic (exact) mass is 336 g/mol. The first-order chi connectivity index (χ1) is 12.2. The number of H-pyrrole nitrogens is 1. The van der Waals surface area contributed by atoms with Gasteiger partial charge in [0.15, 0.2) is 0 Å². The SMILES string of the molecule is CCCN(C)CCc1c[nH]c2ccc(C)c(OCc3ccccc3)c12. The summed E-state index contributed by atoms with van der Waals surface area (Å²) in [6, 6.07) is 14.6. The van der Waals surface area contributed by atoms with Crippen LogP contribution in [0, 0.1) is 6.92 Å². The van der Waals surface area contributed by atoms with E-state index in [2.05, 4.69) is 73.4 Å². The van der Waals surface area contributed by atoms with E-state index < -0.39 is 0 Å². The first kappa shape index (κ1) is 17.6. The molecule has 132 valence electrons. The Morgan fingerprint density at radius 2 is 1.84 bits per heavy atom. The van der Waals surface area contributed by atoms with Gasteiger partial charge in [-0.05, 0) is 56.1 Å². The summed E-state index contributed by atoms with van der Waals surface area (Å²) in [6.45, 7) is 7.15. The second-order valence-electron chi connectivity index (χ2n) is 6.78. The number of aromatic nitrogens is 1. The fourth-order valence-corrected chi connectivity index (χ4v) is 3.28. The lowest BCUT2D eigenvalue weighted by Crippen LogP contribution is -2.21. The second kappa shape index (κ2) is 8.21. The zero-order valence-electron chi connectivity index (χ0n) is 15.5. The number of rotatable bonds is 8. The van der Waals surface area contributed by atoms with Gasteiger partial charge in [0.1, 0.15) is 12.4 Å². The standard InChI is InChI=1S/C22H28N2O/c1-4-13-24(3)14-12-19-15-23-20-11-10-17(2)22(21(19)20)25-16-18-8-6-5-7-9-18/h5-11,15,23H,4,12-14,16H2,1-3H3. The number of hydrogen-bond donors (Lipinski definition) is 1. The third kappa shape index (κ3) is 4.23. The van der Waals surface area contributed by atoms with Crippen LogP contribution in [0.25, 0.3) is 10.9 Å². The van der Waals surface area contributed by atoms with Gasteiger partial charge >= 0.3 is 0 Å². The van der Waals surface area contributed by atoms with Crippen LogP contribution in [0.2, 0.25) is 0 Å². The van der Waals surface area contributed by atoms with Gasteiger partial charge in [0.25, 0.3) is 0 Å². The van der Waals surface area contributed by atoms with Crippen LogP contribution in [0.4, 0.5) is 0 Å². The van der Waals surface area contributed by atoms with Crippen LogP contribution in [0.5, 0.6) is 5.75 Å². The van der Waals surface area contributed by atoms with E-state index in [0.29, 0.717) is 6.61 Å². The summed E-state index contributed by atoms with van der Waals surface area (Å²) in [5.74, 6) is 1.01. The second-order valence-corrected chi connectivity index (χ2v) is 6.78. The molecule has 0 saturated heterocycles. The van der Waals surface area contributed by atoms with Crippen molar-refractivity contribution < 1.29 is 4.74 Å². The average molecular weight is 336 g/mol. The Balaban J connectivity index is 1.83. The number of benzene rings is 2. The first-order valence-corrected chi connectivity index (χ1v) is 9.14. The normalized spacial score (nSPS) is 11.4. The molecule has 0 aliphatic heterocycles. The molecule has 0 radical (unpaired) electrons. The van der Waals surface area contributed by atoms with E-state index in [1.165, 1.54) is 28.5 Å². The van der Waals surface area contributed by atoms with Gasteiger partial charge < -0.3 is 14.6 Å². The van der Waals surface area contributed by atoms with Crippen LogP contribution in [0.3, 0.4) is 0 Å². The first-order valence-electron chi connectivity index (χ1n) is 9.14. The molecule has 1 aromatic heterocycles. The summed E-state index contributed by atoms with van der Waals surface area (Å²) in [5, 5.41) is 1.24. The van der Waals surface area contributed by atoms with Crippen molar-refractivity contribution in [2.75, 3.05) is 20.1 Å². The van der Waals surface area contributed by atoms with Gasteiger partial charge in [0.05, 0.1) is 0 Å². The highest BCUT2D eigenvalue weighted by molar-refractivity contribution is 5.90. The quantitative estimate of drug-likeness (QED) is 0.631. The maximum atomic E-state index is 6.26. The number of ether oxygens (including phenoxy) is 1. The van der Waals surface area contributed by atoms with Gasteiger partial charge in [-0.1, -0.05) is 43.3 Å². The predicted molar refractivity (Wildman–Crippen MR) is 105 cm³/mol. The maximum Gasteiger partial charge on any atom is 0.132 e. The lowest BCUT2D eigenvalue weighted by atomic mass is 10.1. The Bertz CT molecular complexity index is 808. The zero-order valence-corrected chi connectivity index (χ0v) is 15.5. The summed E-state index contributed by atoms with van der Waals surface area (Å²) in [7, 11) is 2.19. The molecule has 3 aromatic rings. The fourth-order valence-electron chi connectivity index (χ4n) is 3.28. The van der Waals surface area contributed by atoms with E-state index in [1.54, 1.807) is 0 Å². The minimum atomic E-state index is 0.598. The van der Waals surface area contributed by atoms with Gasteiger partial charge in [-0.2, -0.15) is 0 Å². The largest absolute Gasteiger partial charge is 0.488 e. The van der Waals surface area contributed by atoms with Crippen molar-refractivity contribution in [1.29, 1.82) is 0 Å². The van der Waals surface area contributed by atoms with Gasteiger partial charge in [0, 0.05) is 23.6 Å². The molecule has 0 fully saturated rings. The lowest BCUT2D eigenvalue weighted by Gasteiger charge is -2.16. The molecule has 1 N–H and O–H groups in total. The Kier molecular flexibility index (Phi) is 5.77. The van der Waals surface area contributed by atoms with E-state index >= 15 is 0 Å². The van der Waals surface area contributed by atoms with Crippen molar-refractivity contribution in [2.24, 2.45) is 0 Å². The average Bonchev–Trinajstić information content (AvgIpc) is 3.03. The number of likely N-dealkylation sites (N-methyl/N-ethyl adjacent to an activating group) is 1. The van der Waals surface area contributed by atoms with Crippen LogP contribution in [-0.4, -0.2) is 30.0 Å². The molecule has 0 saturated carbocycles. The third-order valence-electron chi connectivity index (χ3n) is 4.67. The van der Waals surface area contributed by atoms with Crippen LogP contribution in [-0.2, 0) is 13.0 Å². The van der Waals surface area contributed by atoms with E-state index in [-0.39, 0.29) is 0 Å². The summed E-state index contributed by atoms with van der Waals surface area (Å²) in [5.41, 5.74) is 4.87. The van der Waals surface area contributed by atoms with Crippen molar-refractivity contribution >= 4 is 10.9 Å². The van der Waals surface area contributed by atoms with E-state index in [0.717, 1.165) is 30.8 Å². The lowest BCUT2D eigenvalue weighted by molar-refractivity contribution is 0.307. The number of aromatic amines is 1. The van der Waals surface area contributed by atoms with Gasteiger partial charge in [-0.25, -0.2) is 0 Å². The van der Waals surface area contributed by atoms with Crippen LogP contribution in [0.1, 0.15) is 30.0 Å². The van der Waals surface area contributed by atoms with Crippen molar-refractivity contribution in [1.82, 2.24) is 9.88 Å². The third-order valence-corrected chi connectivity index (χ3v) is 4.67. The molecular formula is C22H28N2O. The van der Waals surface area contributed by atoms with Crippen LogP contribution < -0.4 is 4.74 Å². The van der Waals surface area contributed by atoms with Gasteiger partial charge in [-0.15, -0.1) is 0 Å². The van der Waals surface area contributed by atoms with Crippen molar-refractivity contribution in [3.8, 4) is 5.75 Å². The summed E-state index contributed by atoms with van der Waals surface area (Å²) >= 11 is 0. The number of nitrogens with one attached hydrogen (secondary N) is 1. The molecule has 0 atom stereocenters. The van der Waals surface area contributed by atoms with E-state index in [1.807, 2.05) is 6.07 Å². The molecule has 0 unspecified atom stereocenters. The molecule has 0 bridgehead atoms. The molecule has 3 nitrogen and oxygen atoms in total. The van der Waals surface area contributed by atoms with E-state index in [4.69, 9.17) is 4.74 Å². The van der Waals surface area contributed by atoms with Crippen molar-refractivity contribution in [3.05, 3.63) is 65.4 Å². The van der Waals surface area contributed by atoms with Gasteiger partial charge in [0.2, 0.25) is 0 Å². The molecule has 0 spiro atoms. The Labute approximate surface area is 150 Å². The Morgan fingerprint density at radius 1 is 1.04 bits per heavy atom. The molecule has 3 heteroatoms. The maximum absolute atomic E-state index is 6.26.